The highest BCUT2D eigenvalue weighted by atomic mass is 16.5. The number of ether oxygens (including phenoxy) is 1. The highest BCUT2D eigenvalue weighted by molar-refractivity contribution is 6.10. The molecule has 0 saturated heterocycles. The first kappa shape index (κ1) is 12.6. The van der Waals surface area contributed by atoms with Gasteiger partial charge in [0.2, 0.25) is 0 Å². The Morgan fingerprint density at radius 1 is 1.10 bits per heavy atom. The van der Waals surface area contributed by atoms with Crippen LogP contribution in [0.1, 0.15) is 32.6 Å². The van der Waals surface area contributed by atoms with Crippen molar-refractivity contribution in [1.82, 2.24) is 5.32 Å². The summed E-state index contributed by atoms with van der Waals surface area (Å²) in [5.41, 5.74) is 5.22. The van der Waals surface area contributed by atoms with Gasteiger partial charge in [0.25, 0.3) is 0 Å². The van der Waals surface area contributed by atoms with Gasteiger partial charge in [0.15, 0.2) is 5.78 Å². The molecule has 2 aliphatic rings. The molecule has 0 aromatic heterocycles. The van der Waals surface area contributed by atoms with Gasteiger partial charge in [-0.2, -0.15) is 0 Å². The van der Waals surface area contributed by atoms with Crippen molar-refractivity contribution in [1.29, 1.82) is 0 Å². The first-order valence-corrected chi connectivity index (χ1v) is 7.45. The normalized spacial score (nSPS) is 16.0. The molecule has 2 heterocycles. The van der Waals surface area contributed by atoms with Crippen LogP contribution in [0.25, 0.3) is 0 Å². The first-order chi connectivity index (χ1) is 10.3. The number of benzene rings is 2. The molecule has 106 valence electrons. The van der Waals surface area contributed by atoms with Crippen LogP contribution in [0, 0.1) is 0 Å². The lowest BCUT2D eigenvalue weighted by Gasteiger charge is -2.19. The Labute approximate surface area is 123 Å². The Hall–Kier alpha value is -2.13. The summed E-state index contributed by atoms with van der Waals surface area (Å²) in [7, 11) is 0. The minimum Gasteiger partial charge on any atom is -0.493 e. The minimum atomic E-state index is 0.128. The third kappa shape index (κ3) is 2.14. The van der Waals surface area contributed by atoms with Gasteiger partial charge in [0.05, 0.1) is 6.61 Å². The maximum Gasteiger partial charge on any atom is 0.193 e. The van der Waals surface area contributed by atoms with Crippen LogP contribution >= 0.6 is 0 Å². The molecule has 0 amide bonds. The average molecular weight is 279 g/mol. The summed E-state index contributed by atoms with van der Waals surface area (Å²) in [6, 6.07) is 11.8. The smallest absolute Gasteiger partial charge is 0.193 e. The second-order valence-electron chi connectivity index (χ2n) is 5.62. The van der Waals surface area contributed by atoms with E-state index in [4.69, 9.17) is 4.74 Å². The molecule has 0 radical (unpaired) electrons. The van der Waals surface area contributed by atoms with Crippen molar-refractivity contribution in [3.8, 4) is 5.75 Å². The standard InChI is InChI=1S/C18H17NO2/c20-18(13-4-5-17-12(10-13)7-9-21-17)16-3-1-2-14-11-19-8-6-15(14)16/h1-5,10,19H,6-9,11H2. The number of hydrogen-bond donors (Lipinski definition) is 1. The Morgan fingerprint density at radius 3 is 3.00 bits per heavy atom. The highest BCUT2D eigenvalue weighted by Crippen LogP contribution is 2.28. The van der Waals surface area contributed by atoms with E-state index in [2.05, 4.69) is 11.4 Å². The second-order valence-corrected chi connectivity index (χ2v) is 5.62. The maximum absolute atomic E-state index is 12.9. The van der Waals surface area contributed by atoms with E-state index in [0.717, 1.165) is 55.0 Å². The predicted octanol–water partition coefficient (Wildman–Crippen LogP) is 2.50. The molecule has 0 fully saturated rings. The van der Waals surface area contributed by atoms with E-state index in [1.165, 1.54) is 11.1 Å². The van der Waals surface area contributed by atoms with Gasteiger partial charge in [0.1, 0.15) is 5.75 Å². The molecule has 0 atom stereocenters. The molecule has 0 aliphatic carbocycles. The minimum absolute atomic E-state index is 0.128. The molecule has 2 aliphatic heterocycles. The number of carbonyl (C=O) groups is 1. The molecule has 2 aromatic carbocycles. The van der Waals surface area contributed by atoms with Crippen LogP contribution in [0.15, 0.2) is 36.4 Å². The van der Waals surface area contributed by atoms with Crippen molar-refractivity contribution >= 4 is 5.78 Å². The molecular formula is C18H17NO2. The van der Waals surface area contributed by atoms with Gasteiger partial charge in [-0.15, -0.1) is 0 Å². The van der Waals surface area contributed by atoms with Gasteiger partial charge in [-0.25, -0.2) is 0 Å². The van der Waals surface area contributed by atoms with Crippen molar-refractivity contribution < 1.29 is 9.53 Å². The zero-order valence-corrected chi connectivity index (χ0v) is 11.8. The van der Waals surface area contributed by atoms with Gasteiger partial charge >= 0.3 is 0 Å². The van der Waals surface area contributed by atoms with Gasteiger partial charge in [0, 0.05) is 24.1 Å². The molecule has 2 aromatic rings. The summed E-state index contributed by atoms with van der Waals surface area (Å²) in [5.74, 6) is 1.05. The number of nitrogens with one attached hydrogen (secondary N) is 1. The molecule has 0 unspecified atom stereocenters. The summed E-state index contributed by atoms with van der Waals surface area (Å²) in [6.07, 6.45) is 1.82. The van der Waals surface area contributed by atoms with E-state index in [1.54, 1.807) is 0 Å². The van der Waals surface area contributed by atoms with E-state index in [1.807, 2.05) is 30.3 Å². The van der Waals surface area contributed by atoms with Crippen LogP contribution in [0.5, 0.6) is 5.75 Å². The zero-order chi connectivity index (χ0) is 14.2. The van der Waals surface area contributed by atoms with Crippen LogP contribution in [0.3, 0.4) is 0 Å². The lowest BCUT2D eigenvalue weighted by molar-refractivity contribution is 0.103. The van der Waals surface area contributed by atoms with Crippen LogP contribution < -0.4 is 10.1 Å². The Kier molecular flexibility index (Phi) is 3.00. The zero-order valence-electron chi connectivity index (χ0n) is 11.8. The largest absolute Gasteiger partial charge is 0.493 e. The highest BCUT2D eigenvalue weighted by Gasteiger charge is 2.20. The summed E-state index contributed by atoms with van der Waals surface area (Å²) in [6.45, 7) is 2.52. The third-order valence-electron chi connectivity index (χ3n) is 4.34. The fourth-order valence-electron chi connectivity index (χ4n) is 3.23. The van der Waals surface area contributed by atoms with Crippen molar-refractivity contribution in [3.05, 3.63) is 64.2 Å². The summed E-state index contributed by atoms with van der Waals surface area (Å²) in [5, 5.41) is 3.35. The Bertz CT molecular complexity index is 721. The quantitative estimate of drug-likeness (QED) is 0.858. The molecule has 0 saturated carbocycles. The lowest BCUT2D eigenvalue weighted by Crippen LogP contribution is -2.25. The fourth-order valence-corrected chi connectivity index (χ4v) is 3.23. The summed E-state index contributed by atoms with van der Waals surface area (Å²) >= 11 is 0. The van der Waals surface area contributed by atoms with Crippen LogP contribution in [0.2, 0.25) is 0 Å². The van der Waals surface area contributed by atoms with Gasteiger partial charge in [-0.3, -0.25) is 4.79 Å². The molecule has 0 spiro atoms. The van der Waals surface area contributed by atoms with Gasteiger partial charge < -0.3 is 10.1 Å². The number of rotatable bonds is 2. The molecule has 21 heavy (non-hydrogen) atoms. The van der Waals surface area contributed by atoms with E-state index < -0.39 is 0 Å². The molecule has 0 bridgehead atoms. The maximum atomic E-state index is 12.9. The number of hydrogen-bond acceptors (Lipinski definition) is 3. The summed E-state index contributed by atoms with van der Waals surface area (Å²) < 4.78 is 5.51. The first-order valence-electron chi connectivity index (χ1n) is 7.45. The lowest BCUT2D eigenvalue weighted by atomic mass is 9.90. The van der Waals surface area contributed by atoms with Gasteiger partial charge in [-0.05, 0) is 47.9 Å². The van der Waals surface area contributed by atoms with Crippen molar-refractivity contribution in [2.75, 3.05) is 13.2 Å². The Morgan fingerprint density at radius 2 is 2.05 bits per heavy atom. The van der Waals surface area contributed by atoms with Crippen molar-refractivity contribution in [3.63, 3.8) is 0 Å². The number of carbonyl (C=O) groups excluding carboxylic acids is 1. The fraction of sp³-hybridized carbons (Fsp3) is 0.278. The molecule has 4 rings (SSSR count). The van der Waals surface area contributed by atoms with E-state index in [-0.39, 0.29) is 5.78 Å². The monoisotopic (exact) mass is 279 g/mol. The van der Waals surface area contributed by atoms with E-state index in [9.17, 15) is 4.79 Å². The predicted molar refractivity (Wildman–Crippen MR) is 80.9 cm³/mol. The second kappa shape index (κ2) is 5.01. The van der Waals surface area contributed by atoms with Gasteiger partial charge in [-0.1, -0.05) is 18.2 Å². The third-order valence-corrected chi connectivity index (χ3v) is 4.34. The topological polar surface area (TPSA) is 38.3 Å². The SMILES string of the molecule is O=C(c1ccc2c(c1)CCO2)c1cccc2c1CCNC2. The number of fused-ring (bicyclic) bond motifs is 2. The molecule has 3 nitrogen and oxygen atoms in total. The summed E-state index contributed by atoms with van der Waals surface area (Å²) in [4.78, 5) is 12.9. The van der Waals surface area contributed by atoms with Crippen LogP contribution in [-0.4, -0.2) is 18.9 Å². The Balaban J connectivity index is 1.75. The van der Waals surface area contributed by atoms with Crippen molar-refractivity contribution in [2.45, 2.75) is 19.4 Å². The molecular weight excluding hydrogens is 262 g/mol. The molecule has 3 heteroatoms. The van der Waals surface area contributed by atoms with Crippen LogP contribution in [0.4, 0.5) is 0 Å². The average Bonchev–Trinajstić information content (AvgIpc) is 3.01. The molecule has 1 N–H and O–H groups in total. The van der Waals surface area contributed by atoms with E-state index >= 15 is 0 Å². The van der Waals surface area contributed by atoms with E-state index in [0.29, 0.717) is 0 Å². The number of ketones is 1. The van der Waals surface area contributed by atoms with Crippen molar-refractivity contribution in [2.24, 2.45) is 0 Å². The van der Waals surface area contributed by atoms with Crippen LogP contribution in [-0.2, 0) is 19.4 Å².